The van der Waals surface area contributed by atoms with Crippen LogP contribution in [0.4, 0.5) is 5.69 Å². The standard InChI is InChI=1S/C19H28N4O2/c1-13(2)19(6,12-20)22-16(24)11-21-15-9-7-14(8-10-15)17(25)23-18(3,4)5/h7-10,13,21H,11H2,1-6H3,(H,22,24)(H,23,25). The number of nitriles is 1. The Labute approximate surface area is 150 Å². The molecule has 1 atom stereocenters. The molecule has 25 heavy (non-hydrogen) atoms. The average molecular weight is 344 g/mol. The van der Waals surface area contributed by atoms with Gasteiger partial charge in [-0.3, -0.25) is 9.59 Å². The summed E-state index contributed by atoms with van der Waals surface area (Å²) in [6.07, 6.45) is 0. The zero-order valence-electron chi connectivity index (χ0n) is 15.9. The third-order valence-corrected chi connectivity index (χ3v) is 3.87. The first-order chi connectivity index (χ1) is 11.5. The Morgan fingerprint density at radius 1 is 1.08 bits per heavy atom. The van der Waals surface area contributed by atoms with E-state index in [4.69, 9.17) is 0 Å². The van der Waals surface area contributed by atoms with Gasteiger partial charge in [0, 0.05) is 16.8 Å². The van der Waals surface area contributed by atoms with Crippen LogP contribution in [0.2, 0.25) is 0 Å². The maximum absolute atomic E-state index is 12.1. The Balaban J connectivity index is 2.61. The molecule has 0 aromatic heterocycles. The Bertz CT molecular complexity index is 653. The molecule has 2 amide bonds. The van der Waals surface area contributed by atoms with Gasteiger partial charge in [0.05, 0.1) is 12.6 Å². The summed E-state index contributed by atoms with van der Waals surface area (Å²) in [5.74, 6) is -0.395. The minimum Gasteiger partial charge on any atom is -0.376 e. The molecular weight excluding hydrogens is 316 g/mol. The summed E-state index contributed by atoms with van der Waals surface area (Å²) in [6.45, 7) is 11.3. The largest absolute Gasteiger partial charge is 0.376 e. The van der Waals surface area contributed by atoms with Crippen LogP contribution >= 0.6 is 0 Å². The maximum atomic E-state index is 12.1. The number of anilines is 1. The molecule has 0 aliphatic heterocycles. The van der Waals surface area contributed by atoms with Crippen LogP contribution in [0.3, 0.4) is 0 Å². The van der Waals surface area contributed by atoms with Crippen molar-refractivity contribution < 1.29 is 9.59 Å². The van der Waals surface area contributed by atoms with Gasteiger partial charge in [-0.15, -0.1) is 0 Å². The highest BCUT2D eigenvalue weighted by Gasteiger charge is 2.29. The molecule has 1 unspecified atom stereocenters. The first-order valence-electron chi connectivity index (χ1n) is 8.35. The number of hydrogen-bond acceptors (Lipinski definition) is 4. The predicted molar refractivity (Wildman–Crippen MR) is 99.1 cm³/mol. The van der Waals surface area contributed by atoms with Gasteiger partial charge in [-0.05, 0) is 57.9 Å². The Kier molecular flexibility index (Phi) is 6.57. The van der Waals surface area contributed by atoms with E-state index in [0.29, 0.717) is 5.56 Å². The maximum Gasteiger partial charge on any atom is 0.251 e. The summed E-state index contributed by atoms with van der Waals surface area (Å²) in [4.78, 5) is 24.1. The summed E-state index contributed by atoms with van der Waals surface area (Å²) >= 11 is 0. The first kappa shape index (κ1) is 20.5. The fourth-order valence-electron chi connectivity index (χ4n) is 1.97. The molecule has 6 nitrogen and oxygen atoms in total. The first-order valence-corrected chi connectivity index (χ1v) is 8.35. The van der Waals surface area contributed by atoms with Gasteiger partial charge in [-0.25, -0.2) is 0 Å². The summed E-state index contributed by atoms with van der Waals surface area (Å²) in [7, 11) is 0. The van der Waals surface area contributed by atoms with Crippen LogP contribution in [0, 0.1) is 17.2 Å². The van der Waals surface area contributed by atoms with E-state index in [1.807, 2.05) is 34.6 Å². The highest BCUT2D eigenvalue weighted by molar-refractivity contribution is 5.95. The molecule has 6 heteroatoms. The van der Waals surface area contributed by atoms with Crippen LogP contribution in [0.5, 0.6) is 0 Å². The Hall–Kier alpha value is -2.55. The molecular formula is C19H28N4O2. The van der Waals surface area contributed by atoms with Crippen molar-refractivity contribution in [1.29, 1.82) is 5.26 Å². The van der Waals surface area contributed by atoms with Gasteiger partial charge in [-0.2, -0.15) is 5.26 Å². The smallest absolute Gasteiger partial charge is 0.251 e. The van der Waals surface area contributed by atoms with Gasteiger partial charge >= 0.3 is 0 Å². The van der Waals surface area contributed by atoms with Crippen LogP contribution < -0.4 is 16.0 Å². The van der Waals surface area contributed by atoms with E-state index in [9.17, 15) is 14.9 Å². The molecule has 0 bridgehead atoms. The molecule has 1 aromatic carbocycles. The lowest BCUT2D eigenvalue weighted by molar-refractivity contribution is -0.121. The molecule has 0 spiro atoms. The van der Waals surface area contributed by atoms with Crippen molar-refractivity contribution in [2.75, 3.05) is 11.9 Å². The fourth-order valence-corrected chi connectivity index (χ4v) is 1.97. The molecule has 0 saturated carbocycles. The molecule has 1 aromatic rings. The van der Waals surface area contributed by atoms with Crippen molar-refractivity contribution in [3.63, 3.8) is 0 Å². The lowest BCUT2D eigenvalue weighted by Gasteiger charge is -2.27. The normalized spacial score (nSPS) is 13.5. The minimum atomic E-state index is -0.895. The second kappa shape index (κ2) is 8.02. The molecule has 0 radical (unpaired) electrons. The molecule has 0 saturated heterocycles. The van der Waals surface area contributed by atoms with Gasteiger partial charge in [0.15, 0.2) is 0 Å². The van der Waals surface area contributed by atoms with Crippen molar-refractivity contribution in [3.8, 4) is 6.07 Å². The minimum absolute atomic E-state index is 0.00191. The van der Waals surface area contributed by atoms with E-state index in [2.05, 4.69) is 22.0 Å². The Morgan fingerprint density at radius 3 is 2.08 bits per heavy atom. The zero-order chi connectivity index (χ0) is 19.3. The SMILES string of the molecule is CC(C)C(C)(C#N)NC(=O)CNc1ccc(C(=O)NC(C)(C)C)cc1. The lowest BCUT2D eigenvalue weighted by atomic mass is 9.90. The fraction of sp³-hybridized carbons (Fsp3) is 0.526. The second-order valence-electron chi connectivity index (χ2n) is 7.65. The summed E-state index contributed by atoms with van der Waals surface area (Å²) in [5, 5.41) is 17.9. The number of carbonyl (C=O) groups is 2. The van der Waals surface area contributed by atoms with Gasteiger partial charge in [0.2, 0.25) is 5.91 Å². The number of nitrogens with zero attached hydrogens (tertiary/aromatic N) is 1. The molecule has 0 aliphatic carbocycles. The van der Waals surface area contributed by atoms with E-state index in [0.717, 1.165) is 5.69 Å². The Morgan fingerprint density at radius 2 is 1.64 bits per heavy atom. The van der Waals surface area contributed by atoms with E-state index in [-0.39, 0.29) is 29.8 Å². The molecule has 0 aliphatic rings. The molecule has 0 heterocycles. The number of nitrogens with one attached hydrogen (secondary N) is 3. The summed E-state index contributed by atoms with van der Waals surface area (Å²) in [5.41, 5.74) is 0.0938. The van der Waals surface area contributed by atoms with Gasteiger partial charge in [0.1, 0.15) is 5.54 Å². The number of benzene rings is 1. The third kappa shape index (κ3) is 6.46. The lowest BCUT2D eigenvalue weighted by Crippen LogP contribution is -2.50. The average Bonchev–Trinajstić information content (AvgIpc) is 2.51. The molecule has 1 rings (SSSR count). The van der Waals surface area contributed by atoms with Crippen molar-refractivity contribution >= 4 is 17.5 Å². The number of amides is 2. The molecule has 136 valence electrons. The number of hydrogen-bond donors (Lipinski definition) is 3. The van der Waals surface area contributed by atoms with Crippen LogP contribution in [0.15, 0.2) is 24.3 Å². The van der Waals surface area contributed by atoms with E-state index in [1.54, 1.807) is 31.2 Å². The predicted octanol–water partition coefficient (Wildman–Crippen LogP) is 2.68. The monoisotopic (exact) mass is 344 g/mol. The highest BCUT2D eigenvalue weighted by Crippen LogP contribution is 2.15. The zero-order valence-corrected chi connectivity index (χ0v) is 15.9. The number of rotatable bonds is 6. The second-order valence-corrected chi connectivity index (χ2v) is 7.65. The highest BCUT2D eigenvalue weighted by atomic mass is 16.2. The van der Waals surface area contributed by atoms with Crippen LogP contribution in [0.1, 0.15) is 51.9 Å². The van der Waals surface area contributed by atoms with Crippen molar-refractivity contribution in [2.24, 2.45) is 5.92 Å². The quantitative estimate of drug-likeness (QED) is 0.739. The van der Waals surface area contributed by atoms with Crippen molar-refractivity contribution in [1.82, 2.24) is 10.6 Å². The van der Waals surface area contributed by atoms with Crippen LogP contribution in [-0.4, -0.2) is 29.4 Å². The van der Waals surface area contributed by atoms with E-state index >= 15 is 0 Å². The van der Waals surface area contributed by atoms with Gasteiger partial charge in [-0.1, -0.05) is 13.8 Å². The van der Waals surface area contributed by atoms with Gasteiger partial charge < -0.3 is 16.0 Å². The van der Waals surface area contributed by atoms with Crippen molar-refractivity contribution in [3.05, 3.63) is 29.8 Å². The van der Waals surface area contributed by atoms with E-state index < -0.39 is 5.54 Å². The van der Waals surface area contributed by atoms with E-state index in [1.165, 1.54) is 0 Å². The third-order valence-electron chi connectivity index (χ3n) is 3.87. The number of carbonyl (C=O) groups excluding carboxylic acids is 2. The van der Waals surface area contributed by atoms with Gasteiger partial charge in [0.25, 0.3) is 5.91 Å². The molecule has 0 fully saturated rings. The van der Waals surface area contributed by atoms with Crippen LogP contribution in [0.25, 0.3) is 0 Å². The molecule has 3 N–H and O–H groups in total. The summed E-state index contributed by atoms with van der Waals surface area (Å²) < 4.78 is 0. The summed E-state index contributed by atoms with van der Waals surface area (Å²) in [6, 6.07) is 9.04. The topological polar surface area (TPSA) is 94.0 Å². The van der Waals surface area contributed by atoms with Crippen molar-refractivity contribution in [2.45, 2.75) is 52.6 Å². The van der Waals surface area contributed by atoms with Crippen LogP contribution in [-0.2, 0) is 4.79 Å².